The van der Waals surface area contributed by atoms with Gasteiger partial charge in [0.25, 0.3) is 5.91 Å². The largest absolute Gasteiger partial charge is 0.451 e. The van der Waals surface area contributed by atoms with Crippen LogP contribution in [0.15, 0.2) is 54.6 Å². The summed E-state index contributed by atoms with van der Waals surface area (Å²) in [6, 6.07) is 17.6. The molecule has 0 fully saturated rings. The van der Waals surface area contributed by atoms with E-state index in [4.69, 9.17) is 16.3 Å². The van der Waals surface area contributed by atoms with Crippen LogP contribution in [0.5, 0.6) is 0 Å². The topological polar surface area (TPSA) is 55.4 Å². The number of carbonyl (C=O) groups excluding carboxylic acids is 2. The number of ether oxygens (including phenoxy) is 1. The van der Waals surface area contributed by atoms with Crippen LogP contribution in [-0.2, 0) is 16.0 Å². The first-order valence-electron chi connectivity index (χ1n) is 8.72. The molecule has 0 aliphatic rings. The molecule has 27 heavy (non-hydrogen) atoms. The predicted molar refractivity (Wildman–Crippen MR) is 109 cm³/mol. The van der Waals surface area contributed by atoms with Gasteiger partial charge in [-0.1, -0.05) is 60.1 Å². The van der Waals surface area contributed by atoms with Gasteiger partial charge in [-0.25, -0.2) is 4.79 Å². The van der Waals surface area contributed by atoms with E-state index in [0.717, 1.165) is 22.9 Å². The number of thiophene rings is 1. The van der Waals surface area contributed by atoms with Crippen molar-refractivity contribution in [2.45, 2.75) is 25.8 Å². The molecule has 3 aromatic rings. The first-order chi connectivity index (χ1) is 13.0. The summed E-state index contributed by atoms with van der Waals surface area (Å²) in [7, 11) is 0. The average Bonchev–Trinajstić information content (AvgIpc) is 3.02. The first-order valence-corrected chi connectivity index (χ1v) is 9.91. The molecule has 0 bridgehead atoms. The second-order valence-electron chi connectivity index (χ2n) is 6.31. The monoisotopic (exact) mass is 401 g/mol. The van der Waals surface area contributed by atoms with Crippen LogP contribution in [0.3, 0.4) is 0 Å². The normalized spacial score (nSPS) is 11.9. The minimum Gasteiger partial charge on any atom is -0.451 e. The van der Waals surface area contributed by atoms with Crippen LogP contribution in [-0.4, -0.2) is 24.5 Å². The lowest BCUT2D eigenvalue weighted by Gasteiger charge is -2.14. The molecule has 0 spiro atoms. The smallest absolute Gasteiger partial charge is 0.350 e. The summed E-state index contributed by atoms with van der Waals surface area (Å²) in [5.41, 5.74) is 1.23. The van der Waals surface area contributed by atoms with Crippen molar-refractivity contribution >= 4 is 44.9 Å². The van der Waals surface area contributed by atoms with Crippen LogP contribution in [0.1, 0.15) is 28.6 Å². The molecule has 1 amide bonds. The molecule has 0 radical (unpaired) electrons. The Balaban J connectivity index is 1.48. The highest BCUT2D eigenvalue weighted by molar-refractivity contribution is 7.21. The minimum atomic E-state index is -0.576. The number of esters is 1. The number of halogens is 1. The highest BCUT2D eigenvalue weighted by Gasteiger charge is 2.19. The zero-order valence-corrected chi connectivity index (χ0v) is 16.5. The fraction of sp³-hybridized carbons (Fsp3) is 0.238. The number of fused-ring (bicyclic) bond motifs is 1. The van der Waals surface area contributed by atoms with Crippen LogP contribution < -0.4 is 5.32 Å². The predicted octanol–water partition coefficient (Wildman–Crippen LogP) is 4.85. The molecule has 1 atom stereocenters. The number of aryl methyl sites for hydroxylation is 1. The number of nitrogens with one attached hydrogen (secondary N) is 1. The summed E-state index contributed by atoms with van der Waals surface area (Å²) in [6.07, 6.45) is 1.69. The van der Waals surface area contributed by atoms with Crippen molar-refractivity contribution in [1.82, 2.24) is 5.32 Å². The average molecular weight is 402 g/mol. The van der Waals surface area contributed by atoms with Gasteiger partial charge in [0.2, 0.25) is 0 Å². The molecule has 4 nitrogen and oxygen atoms in total. The van der Waals surface area contributed by atoms with Gasteiger partial charge in [0, 0.05) is 16.1 Å². The standard InChI is InChI=1S/C21H20ClNO3S/c1-14(11-12-15-7-3-2-4-8-15)23-18(24)13-26-21(25)20-19(22)16-9-5-6-10-17(16)27-20/h2-10,14H,11-13H2,1H3,(H,23,24)/t14-/m0/s1. The summed E-state index contributed by atoms with van der Waals surface area (Å²) >= 11 is 7.53. The summed E-state index contributed by atoms with van der Waals surface area (Å²) < 4.78 is 6.05. The second kappa shape index (κ2) is 9.02. The Bertz CT molecular complexity index is 939. The van der Waals surface area contributed by atoms with E-state index in [1.165, 1.54) is 16.9 Å². The fourth-order valence-corrected chi connectivity index (χ4v) is 4.16. The number of hydrogen-bond donors (Lipinski definition) is 1. The molecule has 1 aromatic heterocycles. The van der Waals surface area contributed by atoms with Gasteiger partial charge in [-0.3, -0.25) is 4.79 Å². The lowest BCUT2D eigenvalue weighted by atomic mass is 10.1. The molecule has 0 aliphatic carbocycles. The number of hydrogen-bond acceptors (Lipinski definition) is 4. The Kier molecular flexibility index (Phi) is 6.48. The zero-order chi connectivity index (χ0) is 19.2. The maximum absolute atomic E-state index is 12.3. The quantitative estimate of drug-likeness (QED) is 0.576. The third-order valence-corrected chi connectivity index (χ3v) is 5.83. The Morgan fingerprint density at radius 1 is 1.11 bits per heavy atom. The minimum absolute atomic E-state index is 0.00989. The van der Waals surface area contributed by atoms with Crippen LogP contribution in [0, 0.1) is 0 Å². The maximum Gasteiger partial charge on any atom is 0.350 e. The molecular formula is C21H20ClNO3S. The molecule has 6 heteroatoms. The molecule has 0 saturated heterocycles. The Labute approximate surface area is 167 Å². The highest BCUT2D eigenvalue weighted by Crippen LogP contribution is 2.35. The van der Waals surface area contributed by atoms with Gasteiger partial charge in [0.1, 0.15) is 4.88 Å². The zero-order valence-electron chi connectivity index (χ0n) is 14.9. The van der Waals surface area contributed by atoms with Crippen molar-refractivity contribution in [3.63, 3.8) is 0 Å². The summed E-state index contributed by atoms with van der Waals surface area (Å²) in [6.45, 7) is 1.62. The Morgan fingerprint density at radius 2 is 1.81 bits per heavy atom. The molecule has 1 heterocycles. The highest BCUT2D eigenvalue weighted by atomic mass is 35.5. The number of rotatable bonds is 7. The van der Waals surface area contributed by atoms with E-state index in [-0.39, 0.29) is 18.6 Å². The van der Waals surface area contributed by atoms with E-state index in [1.807, 2.05) is 49.4 Å². The van der Waals surface area contributed by atoms with Crippen molar-refractivity contribution < 1.29 is 14.3 Å². The van der Waals surface area contributed by atoms with Gasteiger partial charge in [-0.05, 0) is 31.4 Å². The van der Waals surface area contributed by atoms with Gasteiger partial charge in [0.05, 0.1) is 5.02 Å². The van der Waals surface area contributed by atoms with Crippen LogP contribution in [0.25, 0.3) is 10.1 Å². The van der Waals surface area contributed by atoms with E-state index in [1.54, 1.807) is 0 Å². The van der Waals surface area contributed by atoms with Gasteiger partial charge < -0.3 is 10.1 Å². The summed E-state index contributed by atoms with van der Waals surface area (Å²) in [5, 5.41) is 4.04. The number of carbonyl (C=O) groups is 2. The lowest BCUT2D eigenvalue weighted by Crippen LogP contribution is -2.36. The molecule has 0 unspecified atom stereocenters. The first kappa shape index (κ1) is 19.4. The van der Waals surface area contributed by atoms with E-state index in [2.05, 4.69) is 17.4 Å². The number of amides is 1. The third-order valence-electron chi connectivity index (χ3n) is 4.17. The summed E-state index contributed by atoms with van der Waals surface area (Å²) in [5.74, 6) is -0.894. The Hall–Kier alpha value is -2.37. The molecular weight excluding hydrogens is 382 g/mol. The van der Waals surface area contributed by atoms with Gasteiger partial charge in [0.15, 0.2) is 6.61 Å². The van der Waals surface area contributed by atoms with E-state index in [0.29, 0.717) is 9.90 Å². The van der Waals surface area contributed by atoms with E-state index < -0.39 is 5.97 Å². The van der Waals surface area contributed by atoms with Crippen molar-refractivity contribution in [2.75, 3.05) is 6.61 Å². The van der Waals surface area contributed by atoms with Crippen molar-refractivity contribution in [3.8, 4) is 0 Å². The van der Waals surface area contributed by atoms with Crippen LogP contribution in [0.2, 0.25) is 5.02 Å². The molecule has 3 rings (SSSR count). The second-order valence-corrected chi connectivity index (χ2v) is 7.74. The fourth-order valence-electron chi connectivity index (χ4n) is 2.76. The molecule has 1 N–H and O–H groups in total. The molecule has 2 aromatic carbocycles. The van der Waals surface area contributed by atoms with Crippen LogP contribution in [0.4, 0.5) is 0 Å². The van der Waals surface area contributed by atoms with Crippen molar-refractivity contribution in [1.29, 1.82) is 0 Å². The van der Waals surface area contributed by atoms with Crippen molar-refractivity contribution in [3.05, 3.63) is 70.1 Å². The molecule has 0 aliphatic heterocycles. The van der Waals surface area contributed by atoms with E-state index >= 15 is 0 Å². The van der Waals surface area contributed by atoms with Crippen molar-refractivity contribution in [2.24, 2.45) is 0 Å². The van der Waals surface area contributed by atoms with Crippen LogP contribution >= 0.6 is 22.9 Å². The SMILES string of the molecule is C[C@@H](CCc1ccccc1)NC(=O)COC(=O)c1sc2ccccc2c1Cl. The number of benzene rings is 2. The Morgan fingerprint density at radius 3 is 2.56 bits per heavy atom. The van der Waals surface area contributed by atoms with E-state index in [9.17, 15) is 9.59 Å². The van der Waals surface area contributed by atoms with Gasteiger partial charge in [-0.15, -0.1) is 11.3 Å². The molecule has 0 saturated carbocycles. The molecule has 140 valence electrons. The maximum atomic E-state index is 12.3. The summed E-state index contributed by atoms with van der Waals surface area (Å²) in [4.78, 5) is 24.6. The lowest BCUT2D eigenvalue weighted by molar-refractivity contribution is -0.124. The van der Waals surface area contributed by atoms with Gasteiger partial charge >= 0.3 is 5.97 Å². The van der Waals surface area contributed by atoms with Gasteiger partial charge in [-0.2, -0.15) is 0 Å². The third kappa shape index (κ3) is 5.08.